The average Bonchev–Trinajstić information content (AvgIpc) is 2.32. The number of anilines is 1. The first-order valence-electron chi connectivity index (χ1n) is 5.68. The van der Waals surface area contributed by atoms with E-state index in [4.69, 9.17) is 4.74 Å². The molecule has 0 aromatic carbocycles. The molecule has 0 unspecified atom stereocenters. The van der Waals surface area contributed by atoms with Crippen molar-refractivity contribution in [3.05, 3.63) is 23.6 Å². The van der Waals surface area contributed by atoms with Crippen molar-refractivity contribution in [3.63, 3.8) is 0 Å². The number of nitrogens with one attached hydrogen (secondary N) is 1. The van der Waals surface area contributed by atoms with Crippen LogP contribution in [0.3, 0.4) is 0 Å². The maximum atomic E-state index is 14.0. The van der Waals surface area contributed by atoms with Crippen molar-refractivity contribution in [3.8, 4) is 0 Å². The number of hydrogen-bond acceptors (Lipinski definition) is 4. The first-order valence-corrected chi connectivity index (χ1v) is 5.68. The molecule has 0 saturated heterocycles. The molecule has 1 N–H and O–H groups in total. The number of aromatic nitrogens is 1. The minimum Gasteiger partial charge on any atom is -0.385 e. The number of hydrogen-bond donors (Lipinski definition) is 1. The van der Waals surface area contributed by atoms with Gasteiger partial charge in [-0.2, -0.15) is 0 Å². The molecular weight excluding hydrogens is 221 g/mol. The van der Waals surface area contributed by atoms with E-state index in [0.717, 1.165) is 13.0 Å². The van der Waals surface area contributed by atoms with Gasteiger partial charge in [0.25, 0.3) is 0 Å². The maximum absolute atomic E-state index is 14.0. The molecule has 0 aliphatic heterocycles. The predicted molar refractivity (Wildman–Crippen MR) is 66.7 cm³/mol. The fourth-order valence-electron chi connectivity index (χ4n) is 1.62. The Balaban J connectivity index is 2.72. The van der Waals surface area contributed by atoms with Crippen LogP contribution in [-0.2, 0) is 11.3 Å². The van der Waals surface area contributed by atoms with Gasteiger partial charge >= 0.3 is 0 Å². The van der Waals surface area contributed by atoms with Crippen molar-refractivity contribution in [2.24, 2.45) is 0 Å². The van der Waals surface area contributed by atoms with E-state index >= 15 is 0 Å². The van der Waals surface area contributed by atoms with Gasteiger partial charge in [-0.15, -0.1) is 0 Å². The number of ether oxygens (including phenoxy) is 1. The Kier molecular flexibility index (Phi) is 5.86. The van der Waals surface area contributed by atoms with Crippen molar-refractivity contribution >= 4 is 5.82 Å². The Labute approximate surface area is 102 Å². The van der Waals surface area contributed by atoms with Gasteiger partial charge in [0.05, 0.1) is 0 Å². The number of rotatable bonds is 7. The summed E-state index contributed by atoms with van der Waals surface area (Å²) in [6.45, 7) is 1.90. The lowest BCUT2D eigenvalue weighted by molar-refractivity contribution is 0.196. The van der Waals surface area contributed by atoms with Crippen molar-refractivity contribution in [2.45, 2.75) is 13.0 Å². The summed E-state index contributed by atoms with van der Waals surface area (Å²) in [7, 11) is 5.29. The molecule has 0 atom stereocenters. The van der Waals surface area contributed by atoms with Gasteiger partial charge in [-0.05, 0) is 19.5 Å². The highest BCUT2D eigenvalue weighted by atomic mass is 19.1. The normalized spacial score (nSPS) is 10.6. The molecule has 1 aromatic heterocycles. The molecule has 1 aromatic rings. The summed E-state index contributed by atoms with van der Waals surface area (Å²) in [6, 6.07) is 1.69. The van der Waals surface area contributed by atoms with Gasteiger partial charge in [-0.3, -0.25) is 0 Å². The zero-order valence-corrected chi connectivity index (χ0v) is 10.7. The monoisotopic (exact) mass is 241 g/mol. The molecule has 0 aliphatic rings. The Morgan fingerprint density at radius 1 is 1.53 bits per heavy atom. The van der Waals surface area contributed by atoms with E-state index < -0.39 is 0 Å². The molecule has 0 spiro atoms. The third-order valence-corrected chi connectivity index (χ3v) is 2.52. The lowest BCUT2D eigenvalue weighted by Crippen LogP contribution is -2.23. The zero-order chi connectivity index (χ0) is 12.7. The molecule has 0 fully saturated rings. The van der Waals surface area contributed by atoms with Gasteiger partial charge in [-0.25, -0.2) is 9.37 Å². The smallest absolute Gasteiger partial charge is 0.170 e. The Morgan fingerprint density at radius 2 is 2.29 bits per heavy atom. The molecule has 0 saturated carbocycles. The quantitative estimate of drug-likeness (QED) is 0.732. The molecule has 1 rings (SSSR count). The third-order valence-electron chi connectivity index (χ3n) is 2.52. The van der Waals surface area contributed by atoms with E-state index in [1.54, 1.807) is 26.4 Å². The Morgan fingerprint density at radius 3 is 2.94 bits per heavy atom. The summed E-state index contributed by atoms with van der Waals surface area (Å²) in [4.78, 5) is 5.90. The SMILES string of the molecule is CNCc1ccnc(N(C)CCCOC)c1F. The second kappa shape index (κ2) is 7.19. The number of methoxy groups -OCH3 is 1. The summed E-state index contributed by atoms with van der Waals surface area (Å²) in [5.41, 5.74) is 0.635. The van der Waals surface area contributed by atoms with Gasteiger partial charge in [0, 0.05) is 45.6 Å². The van der Waals surface area contributed by atoms with Crippen LogP contribution in [0.25, 0.3) is 0 Å². The van der Waals surface area contributed by atoms with Gasteiger partial charge in [0.15, 0.2) is 11.6 Å². The van der Waals surface area contributed by atoms with Crippen LogP contribution in [-0.4, -0.2) is 39.3 Å². The van der Waals surface area contributed by atoms with Gasteiger partial charge < -0.3 is 15.0 Å². The topological polar surface area (TPSA) is 37.4 Å². The van der Waals surface area contributed by atoms with Crippen LogP contribution in [0.15, 0.2) is 12.3 Å². The van der Waals surface area contributed by atoms with Gasteiger partial charge in [0.1, 0.15) is 0 Å². The third kappa shape index (κ3) is 3.94. The van der Waals surface area contributed by atoms with E-state index in [1.165, 1.54) is 0 Å². The van der Waals surface area contributed by atoms with E-state index in [9.17, 15) is 4.39 Å². The lowest BCUT2D eigenvalue weighted by atomic mass is 10.2. The maximum Gasteiger partial charge on any atom is 0.170 e. The Bertz CT molecular complexity index is 347. The van der Waals surface area contributed by atoms with Crippen LogP contribution in [0, 0.1) is 5.82 Å². The van der Waals surface area contributed by atoms with Crippen LogP contribution in [0.4, 0.5) is 10.2 Å². The summed E-state index contributed by atoms with van der Waals surface area (Å²) >= 11 is 0. The number of halogens is 1. The van der Waals surface area contributed by atoms with Crippen LogP contribution < -0.4 is 10.2 Å². The molecule has 0 radical (unpaired) electrons. The number of pyridine rings is 1. The highest BCUT2D eigenvalue weighted by Crippen LogP contribution is 2.18. The van der Waals surface area contributed by atoms with Crippen molar-refractivity contribution in [2.75, 3.05) is 39.3 Å². The largest absolute Gasteiger partial charge is 0.385 e. The predicted octanol–water partition coefficient (Wildman–Crippen LogP) is 1.41. The molecule has 96 valence electrons. The van der Waals surface area contributed by atoms with Crippen molar-refractivity contribution in [1.29, 1.82) is 0 Å². The number of nitrogens with zero attached hydrogens (tertiary/aromatic N) is 2. The van der Waals surface area contributed by atoms with Crippen molar-refractivity contribution < 1.29 is 9.13 Å². The van der Waals surface area contributed by atoms with Crippen molar-refractivity contribution in [1.82, 2.24) is 10.3 Å². The standard InChI is InChI=1S/C12H20FN3O/c1-14-9-10-5-6-15-12(11(10)13)16(2)7-4-8-17-3/h5-6,14H,4,7-9H2,1-3H3. The summed E-state index contributed by atoms with van der Waals surface area (Å²) in [5, 5.41) is 2.94. The fourth-order valence-corrected chi connectivity index (χ4v) is 1.62. The summed E-state index contributed by atoms with van der Waals surface area (Å²) < 4.78 is 19.0. The summed E-state index contributed by atoms with van der Waals surface area (Å²) in [5.74, 6) is 0.149. The average molecular weight is 241 g/mol. The highest BCUT2D eigenvalue weighted by Gasteiger charge is 2.12. The fraction of sp³-hybridized carbons (Fsp3) is 0.583. The molecular formula is C12H20FN3O. The molecule has 0 aliphatic carbocycles. The van der Waals surface area contributed by atoms with E-state index in [2.05, 4.69) is 10.3 Å². The second-order valence-electron chi connectivity index (χ2n) is 3.91. The lowest BCUT2D eigenvalue weighted by Gasteiger charge is -2.19. The Hall–Kier alpha value is -1.20. The van der Waals surface area contributed by atoms with Crippen LogP contribution in [0.5, 0.6) is 0 Å². The molecule has 17 heavy (non-hydrogen) atoms. The van der Waals surface area contributed by atoms with Crippen LogP contribution in [0.1, 0.15) is 12.0 Å². The highest BCUT2D eigenvalue weighted by molar-refractivity contribution is 5.42. The van der Waals surface area contributed by atoms with Crippen LogP contribution >= 0.6 is 0 Å². The van der Waals surface area contributed by atoms with E-state index in [0.29, 0.717) is 24.5 Å². The summed E-state index contributed by atoms with van der Waals surface area (Å²) in [6.07, 6.45) is 2.49. The zero-order valence-electron chi connectivity index (χ0n) is 10.7. The van der Waals surface area contributed by atoms with Gasteiger partial charge in [0.2, 0.25) is 0 Å². The molecule has 4 nitrogen and oxygen atoms in total. The second-order valence-corrected chi connectivity index (χ2v) is 3.91. The molecule has 1 heterocycles. The minimum absolute atomic E-state index is 0.248. The minimum atomic E-state index is -0.248. The first kappa shape index (κ1) is 13.9. The van der Waals surface area contributed by atoms with E-state index in [1.807, 2.05) is 11.9 Å². The van der Waals surface area contributed by atoms with E-state index in [-0.39, 0.29) is 5.82 Å². The molecule has 0 amide bonds. The first-order chi connectivity index (χ1) is 8.20. The molecule has 5 heteroatoms. The van der Waals surface area contributed by atoms with Crippen LogP contribution in [0.2, 0.25) is 0 Å². The van der Waals surface area contributed by atoms with Gasteiger partial charge in [-0.1, -0.05) is 0 Å². The molecule has 0 bridgehead atoms.